The predicted octanol–water partition coefficient (Wildman–Crippen LogP) is 0.528. The zero-order valence-electron chi connectivity index (χ0n) is 13.2. The number of sulfonamides is 1. The highest BCUT2D eigenvalue weighted by molar-refractivity contribution is 7.89. The van der Waals surface area contributed by atoms with Crippen LogP contribution in [0.2, 0.25) is 0 Å². The van der Waals surface area contributed by atoms with Gasteiger partial charge in [0.05, 0.1) is 0 Å². The van der Waals surface area contributed by atoms with E-state index >= 15 is 0 Å². The van der Waals surface area contributed by atoms with E-state index in [2.05, 4.69) is 4.98 Å². The first-order chi connectivity index (χ1) is 10.4. The van der Waals surface area contributed by atoms with E-state index in [0.29, 0.717) is 38.4 Å². The van der Waals surface area contributed by atoms with Gasteiger partial charge in [-0.15, -0.1) is 0 Å². The maximum absolute atomic E-state index is 12.6. The monoisotopic (exact) mass is 326 g/mol. The molecule has 0 unspecified atom stereocenters. The molecule has 1 aliphatic heterocycles. The fraction of sp³-hybridized carbons (Fsp3) is 0.571. The molecule has 1 aromatic heterocycles. The van der Waals surface area contributed by atoms with E-state index in [1.807, 2.05) is 0 Å². The quantitative estimate of drug-likeness (QED) is 0.759. The molecule has 0 N–H and O–H groups in total. The van der Waals surface area contributed by atoms with E-state index in [1.165, 1.54) is 16.6 Å². The van der Waals surface area contributed by atoms with Crippen molar-refractivity contribution in [3.63, 3.8) is 0 Å². The fourth-order valence-electron chi connectivity index (χ4n) is 2.39. The number of hydrogen-bond donors (Lipinski definition) is 0. The lowest BCUT2D eigenvalue weighted by atomic mass is 10.3. The lowest BCUT2D eigenvalue weighted by Gasteiger charge is -2.20. The molecule has 0 atom stereocenters. The molecule has 1 saturated heterocycles. The Morgan fingerprint density at radius 3 is 2.59 bits per heavy atom. The number of aryl methyl sites for hydroxylation is 2. The first-order valence-electron chi connectivity index (χ1n) is 7.28. The number of imidazole rings is 1. The molecule has 0 aromatic carbocycles. The Labute approximate surface area is 131 Å². The van der Waals surface area contributed by atoms with Crippen molar-refractivity contribution in [2.75, 3.05) is 26.2 Å². The number of nitrogens with zero attached hydrogens (tertiary/aromatic N) is 4. The van der Waals surface area contributed by atoms with Crippen LogP contribution in [-0.4, -0.2) is 59.3 Å². The highest BCUT2D eigenvalue weighted by Gasteiger charge is 2.29. The van der Waals surface area contributed by atoms with Crippen molar-refractivity contribution in [2.45, 2.75) is 25.3 Å². The molecule has 0 aliphatic carbocycles. The Balaban J connectivity index is 2.15. The summed E-state index contributed by atoms with van der Waals surface area (Å²) < 4.78 is 28.4. The highest BCUT2D eigenvalue weighted by atomic mass is 32.2. The molecule has 122 valence electrons. The van der Waals surface area contributed by atoms with Crippen LogP contribution in [0.5, 0.6) is 0 Å². The zero-order chi connectivity index (χ0) is 16.3. The summed E-state index contributed by atoms with van der Waals surface area (Å²) in [4.78, 5) is 17.7. The number of carbonyl (C=O) groups is 1. The topological polar surface area (TPSA) is 75.5 Å². The maximum Gasteiger partial charge on any atom is 0.262 e. The average molecular weight is 326 g/mol. The van der Waals surface area contributed by atoms with Gasteiger partial charge in [-0.2, -0.15) is 4.31 Å². The number of rotatable bonds is 3. The summed E-state index contributed by atoms with van der Waals surface area (Å²) in [6.07, 6.45) is 5.34. The Hall–Kier alpha value is -1.67. The van der Waals surface area contributed by atoms with Crippen LogP contribution < -0.4 is 0 Å². The SMILES string of the molecule is CC=CC(=O)N1CCCN(S(=O)(=O)c2cn(C)c(C)n2)CC1. The van der Waals surface area contributed by atoms with Gasteiger partial charge >= 0.3 is 0 Å². The lowest BCUT2D eigenvalue weighted by Crippen LogP contribution is -2.36. The second-order valence-corrected chi connectivity index (χ2v) is 7.20. The maximum atomic E-state index is 12.6. The Morgan fingerprint density at radius 2 is 2.00 bits per heavy atom. The number of carbonyl (C=O) groups excluding carboxylic acids is 1. The molecule has 0 saturated carbocycles. The van der Waals surface area contributed by atoms with Gasteiger partial charge in [-0.05, 0) is 26.3 Å². The molecular weight excluding hydrogens is 304 g/mol. The molecule has 2 rings (SSSR count). The Morgan fingerprint density at radius 1 is 1.27 bits per heavy atom. The predicted molar refractivity (Wildman–Crippen MR) is 82.7 cm³/mol. The van der Waals surface area contributed by atoms with Gasteiger partial charge in [0.2, 0.25) is 5.91 Å². The van der Waals surface area contributed by atoms with Gasteiger partial charge in [0.25, 0.3) is 10.0 Å². The van der Waals surface area contributed by atoms with E-state index in [9.17, 15) is 13.2 Å². The molecule has 8 heteroatoms. The summed E-state index contributed by atoms with van der Waals surface area (Å²) in [7, 11) is -1.84. The zero-order valence-corrected chi connectivity index (χ0v) is 14.0. The third-order valence-corrected chi connectivity index (χ3v) is 5.54. The molecule has 22 heavy (non-hydrogen) atoms. The normalized spacial score (nSPS) is 17.9. The van der Waals surface area contributed by atoms with Crippen LogP contribution in [0.1, 0.15) is 19.2 Å². The van der Waals surface area contributed by atoms with Gasteiger partial charge in [0, 0.05) is 39.4 Å². The van der Waals surface area contributed by atoms with Gasteiger partial charge < -0.3 is 9.47 Å². The Kier molecular flexibility index (Phi) is 5.02. The largest absolute Gasteiger partial charge is 0.338 e. The summed E-state index contributed by atoms with van der Waals surface area (Å²) in [5.74, 6) is 0.578. The van der Waals surface area contributed by atoms with Crippen LogP contribution in [0.15, 0.2) is 23.4 Å². The Bertz CT molecular complexity index is 659. The molecule has 0 spiro atoms. The minimum Gasteiger partial charge on any atom is -0.338 e. The van der Waals surface area contributed by atoms with Crippen LogP contribution in [0.25, 0.3) is 0 Å². The van der Waals surface area contributed by atoms with Crippen molar-refractivity contribution in [1.29, 1.82) is 0 Å². The second-order valence-electron chi connectivity index (χ2n) is 5.32. The van der Waals surface area contributed by atoms with Crippen molar-refractivity contribution in [3.8, 4) is 0 Å². The summed E-state index contributed by atoms with van der Waals surface area (Å²) >= 11 is 0. The summed E-state index contributed by atoms with van der Waals surface area (Å²) in [6, 6.07) is 0. The first kappa shape index (κ1) is 16.7. The summed E-state index contributed by atoms with van der Waals surface area (Å²) in [5.41, 5.74) is 0. The lowest BCUT2D eigenvalue weighted by molar-refractivity contribution is -0.125. The van der Waals surface area contributed by atoms with E-state index in [1.54, 1.807) is 36.4 Å². The molecule has 2 heterocycles. The third kappa shape index (κ3) is 3.38. The van der Waals surface area contributed by atoms with Crippen molar-refractivity contribution in [1.82, 2.24) is 18.8 Å². The first-order valence-corrected chi connectivity index (χ1v) is 8.72. The van der Waals surface area contributed by atoms with E-state index in [4.69, 9.17) is 0 Å². The van der Waals surface area contributed by atoms with Gasteiger partial charge in [-0.1, -0.05) is 6.08 Å². The average Bonchev–Trinajstić information content (AvgIpc) is 2.69. The van der Waals surface area contributed by atoms with Crippen molar-refractivity contribution in [2.24, 2.45) is 7.05 Å². The summed E-state index contributed by atoms with van der Waals surface area (Å²) in [5, 5.41) is 0.0701. The van der Waals surface area contributed by atoms with E-state index in [-0.39, 0.29) is 10.9 Å². The van der Waals surface area contributed by atoms with Crippen molar-refractivity contribution >= 4 is 15.9 Å². The third-order valence-electron chi connectivity index (χ3n) is 3.77. The van der Waals surface area contributed by atoms with Gasteiger partial charge in [0.15, 0.2) is 5.03 Å². The molecule has 1 aromatic rings. The molecule has 0 bridgehead atoms. The van der Waals surface area contributed by atoms with Crippen LogP contribution in [0, 0.1) is 6.92 Å². The van der Waals surface area contributed by atoms with E-state index in [0.717, 1.165) is 0 Å². The molecule has 7 nitrogen and oxygen atoms in total. The van der Waals surface area contributed by atoms with E-state index < -0.39 is 10.0 Å². The summed E-state index contributed by atoms with van der Waals surface area (Å²) in [6.45, 7) is 5.21. The molecule has 1 amide bonds. The highest BCUT2D eigenvalue weighted by Crippen LogP contribution is 2.17. The molecular formula is C14H22N4O3S. The number of aromatic nitrogens is 2. The van der Waals surface area contributed by atoms with Crippen LogP contribution in [0.3, 0.4) is 0 Å². The molecule has 1 fully saturated rings. The van der Waals surface area contributed by atoms with Crippen molar-refractivity contribution < 1.29 is 13.2 Å². The van der Waals surface area contributed by atoms with Gasteiger partial charge in [0.1, 0.15) is 5.82 Å². The number of amides is 1. The second kappa shape index (κ2) is 6.62. The molecule has 1 aliphatic rings. The smallest absolute Gasteiger partial charge is 0.262 e. The number of hydrogen-bond acceptors (Lipinski definition) is 4. The molecule has 0 radical (unpaired) electrons. The van der Waals surface area contributed by atoms with Crippen LogP contribution >= 0.6 is 0 Å². The minimum atomic E-state index is -3.60. The van der Waals surface area contributed by atoms with Crippen LogP contribution in [-0.2, 0) is 21.9 Å². The van der Waals surface area contributed by atoms with Gasteiger partial charge in [-0.25, -0.2) is 13.4 Å². The number of allylic oxidation sites excluding steroid dienone is 1. The minimum absolute atomic E-state index is 0.0701. The standard InChI is InChI=1S/C14H22N4O3S/c1-4-6-14(19)17-7-5-8-18(10-9-17)22(20,21)13-11-16(3)12(2)15-13/h4,6,11H,5,7-10H2,1-3H3. The van der Waals surface area contributed by atoms with Gasteiger partial charge in [-0.3, -0.25) is 4.79 Å². The van der Waals surface area contributed by atoms with Crippen LogP contribution in [0.4, 0.5) is 0 Å². The van der Waals surface area contributed by atoms with Crippen molar-refractivity contribution in [3.05, 3.63) is 24.2 Å². The fourth-order valence-corrected chi connectivity index (χ4v) is 3.88.